The summed E-state index contributed by atoms with van der Waals surface area (Å²) in [4.78, 5) is 39.3. The SMILES string of the molecule is CCOc1cc(/C=C2\C(=O)NC(=O)N(c3cccc(Cl)c3C)C2=O)cc(Cl)c1Cc1ccccc1F. The molecule has 0 atom stereocenters. The molecule has 0 saturated carbocycles. The van der Waals surface area contributed by atoms with E-state index in [0.717, 1.165) is 4.90 Å². The molecule has 0 radical (unpaired) electrons. The molecule has 0 spiro atoms. The van der Waals surface area contributed by atoms with Crippen molar-refractivity contribution in [2.75, 3.05) is 11.5 Å². The zero-order valence-corrected chi connectivity index (χ0v) is 20.9. The third-order valence-corrected chi connectivity index (χ3v) is 6.44. The standard InChI is InChI=1S/C27H21Cl2FN2O4/c1-3-36-24-13-16(12-21(29)18(24)14-17-7-4-5-9-22(17)30)11-19-25(33)31-27(35)32(26(19)34)23-10-6-8-20(28)15(23)2/h4-13H,3,14H2,1-2H3,(H,31,33,35)/b19-11+. The first-order chi connectivity index (χ1) is 17.2. The number of urea groups is 1. The Morgan fingerprint density at radius 1 is 1.03 bits per heavy atom. The molecule has 4 amide bonds. The number of rotatable bonds is 6. The first-order valence-corrected chi connectivity index (χ1v) is 11.8. The van der Waals surface area contributed by atoms with E-state index >= 15 is 0 Å². The number of hydrogen-bond donors (Lipinski definition) is 1. The fraction of sp³-hybridized carbons (Fsp3) is 0.148. The largest absolute Gasteiger partial charge is 0.494 e. The lowest BCUT2D eigenvalue weighted by atomic mass is 10.00. The van der Waals surface area contributed by atoms with Crippen LogP contribution in [0.3, 0.4) is 0 Å². The summed E-state index contributed by atoms with van der Waals surface area (Å²) in [6.45, 7) is 3.78. The molecule has 9 heteroatoms. The molecule has 0 unspecified atom stereocenters. The van der Waals surface area contributed by atoms with Crippen molar-refractivity contribution < 1.29 is 23.5 Å². The highest BCUT2D eigenvalue weighted by Gasteiger charge is 2.37. The van der Waals surface area contributed by atoms with Crippen LogP contribution in [0.4, 0.5) is 14.9 Å². The Morgan fingerprint density at radius 3 is 2.50 bits per heavy atom. The molecule has 1 aliphatic rings. The van der Waals surface area contributed by atoms with Crippen LogP contribution in [-0.4, -0.2) is 24.5 Å². The van der Waals surface area contributed by atoms with Crippen LogP contribution in [-0.2, 0) is 16.0 Å². The summed E-state index contributed by atoms with van der Waals surface area (Å²) < 4.78 is 20.0. The monoisotopic (exact) mass is 526 g/mol. The molecule has 1 N–H and O–H groups in total. The number of barbiturate groups is 1. The van der Waals surface area contributed by atoms with Crippen LogP contribution in [0.2, 0.25) is 10.0 Å². The van der Waals surface area contributed by atoms with Gasteiger partial charge in [-0.15, -0.1) is 0 Å². The van der Waals surface area contributed by atoms with E-state index in [2.05, 4.69) is 5.32 Å². The maximum atomic E-state index is 14.2. The van der Waals surface area contributed by atoms with Gasteiger partial charge in [-0.1, -0.05) is 47.5 Å². The Balaban J connectivity index is 1.75. The van der Waals surface area contributed by atoms with Gasteiger partial charge in [-0.3, -0.25) is 14.9 Å². The minimum absolute atomic E-state index is 0.188. The lowest BCUT2D eigenvalue weighted by molar-refractivity contribution is -0.122. The molecule has 1 aliphatic heterocycles. The predicted octanol–water partition coefficient (Wildman–Crippen LogP) is 6.10. The first kappa shape index (κ1) is 25.4. The fourth-order valence-electron chi connectivity index (χ4n) is 3.88. The van der Waals surface area contributed by atoms with E-state index in [4.69, 9.17) is 27.9 Å². The number of hydrogen-bond acceptors (Lipinski definition) is 4. The number of nitrogens with zero attached hydrogens (tertiary/aromatic N) is 1. The molecule has 0 aromatic heterocycles. The average molecular weight is 527 g/mol. The zero-order chi connectivity index (χ0) is 26.0. The van der Waals surface area contributed by atoms with Crippen molar-refractivity contribution in [2.45, 2.75) is 20.3 Å². The molecule has 36 heavy (non-hydrogen) atoms. The van der Waals surface area contributed by atoms with Gasteiger partial charge in [-0.25, -0.2) is 14.1 Å². The summed E-state index contributed by atoms with van der Waals surface area (Å²) in [6.07, 6.45) is 1.52. The summed E-state index contributed by atoms with van der Waals surface area (Å²) in [6, 6.07) is 13.5. The van der Waals surface area contributed by atoms with E-state index in [9.17, 15) is 18.8 Å². The average Bonchev–Trinajstić information content (AvgIpc) is 2.83. The molecule has 6 nitrogen and oxygen atoms in total. The van der Waals surface area contributed by atoms with Crippen molar-refractivity contribution in [3.05, 3.63) is 98.3 Å². The quantitative estimate of drug-likeness (QED) is 0.311. The number of amides is 4. The van der Waals surface area contributed by atoms with Gasteiger partial charge in [0.25, 0.3) is 11.8 Å². The van der Waals surface area contributed by atoms with Crippen molar-refractivity contribution in [2.24, 2.45) is 0 Å². The van der Waals surface area contributed by atoms with Gasteiger partial charge in [0.05, 0.1) is 12.3 Å². The molecule has 3 aromatic rings. The van der Waals surface area contributed by atoms with E-state index in [1.807, 2.05) is 0 Å². The van der Waals surface area contributed by atoms with Crippen molar-refractivity contribution in [3.8, 4) is 5.75 Å². The number of carbonyl (C=O) groups is 3. The van der Waals surface area contributed by atoms with E-state index in [1.54, 1.807) is 62.4 Å². The second kappa shape index (κ2) is 10.5. The smallest absolute Gasteiger partial charge is 0.335 e. The number of ether oxygens (including phenoxy) is 1. The molecule has 0 aliphatic carbocycles. The Hall–Kier alpha value is -3.68. The van der Waals surface area contributed by atoms with Crippen LogP contribution in [0.25, 0.3) is 6.08 Å². The summed E-state index contributed by atoms with van der Waals surface area (Å²) in [5, 5.41) is 2.84. The fourth-order valence-corrected chi connectivity index (χ4v) is 4.34. The highest BCUT2D eigenvalue weighted by Crippen LogP contribution is 2.34. The third kappa shape index (κ3) is 4.98. The maximum Gasteiger partial charge on any atom is 0.335 e. The van der Waals surface area contributed by atoms with Crippen molar-refractivity contribution >= 4 is 52.8 Å². The molecule has 0 bridgehead atoms. The number of nitrogens with one attached hydrogen (secondary N) is 1. The van der Waals surface area contributed by atoms with Crippen LogP contribution in [0.15, 0.2) is 60.2 Å². The minimum Gasteiger partial charge on any atom is -0.494 e. The normalized spacial score (nSPS) is 14.9. The topological polar surface area (TPSA) is 75.7 Å². The number of imide groups is 2. The molecule has 3 aromatic carbocycles. The summed E-state index contributed by atoms with van der Waals surface area (Å²) in [5.41, 5.74) is 1.91. The summed E-state index contributed by atoms with van der Waals surface area (Å²) in [5.74, 6) is -1.63. The second-order valence-corrected chi connectivity index (χ2v) is 8.84. The molecule has 1 saturated heterocycles. The minimum atomic E-state index is -0.874. The van der Waals surface area contributed by atoms with Gasteiger partial charge in [0, 0.05) is 22.0 Å². The molecular weight excluding hydrogens is 506 g/mol. The van der Waals surface area contributed by atoms with Gasteiger partial charge in [0.1, 0.15) is 17.1 Å². The number of halogens is 3. The second-order valence-electron chi connectivity index (χ2n) is 8.02. The van der Waals surface area contributed by atoms with Crippen molar-refractivity contribution in [1.82, 2.24) is 5.32 Å². The molecule has 184 valence electrons. The predicted molar refractivity (Wildman–Crippen MR) is 137 cm³/mol. The lowest BCUT2D eigenvalue weighted by Crippen LogP contribution is -2.54. The van der Waals surface area contributed by atoms with Gasteiger partial charge < -0.3 is 4.74 Å². The zero-order valence-electron chi connectivity index (χ0n) is 19.4. The highest BCUT2D eigenvalue weighted by atomic mass is 35.5. The van der Waals surface area contributed by atoms with Crippen LogP contribution in [0.5, 0.6) is 5.75 Å². The summed E-state index contributed by atoms with van der Waals surface area (Å²) >= 11 is 12.7. The van der Waals surface area contributed by atoms with Gasteiger partial charge >= 0.3 is 6.03 Å². The van der Waals surface area contributed by atoms with E-state index < -0.39 is 17.8 Å². The number of anilines is 1. The van der Waals surface area contributed by atoms with Gasteiger partial charge in [-0.2, -0.15) is 0 Å². The van der Waals surface area contributed by atoms with Gasteiger partial charge in [0.15, 0.2) is 0 Å². The van der Waals surface area contributed by atoms with Gasteiger partial charge in [-0.05, 0) is 66.9 Å². The van der Waals surface area contributed by atoms with Crippen molar-refractivity contribution in [1.29, 1.82) is 0 Å². The van der Waals surface area contributed by atoms with E-state index in [0.29, 0.717) is 39.6 Å². The Kier molecular flexibility index (Phi) is 7.43. The van der Waals surface area contributed by atoms with E-state index in [-0.39, 0.29) is 28.5 Å². The third-order valence-electron chi connectivity index (χ3n) is 5.69. The van der Waals surface area contributed by atoms with Gasteiger partial charge in [0.2, 0.25) is 0 Å². The Bertz CT molecular complexity index is 1420. The number of benzene rings is 3. The van der Waals surface area contributed by atoms with Crippen molar-refractivity contribution in [3.63, 3.8) is 0 Å². The maximum absolute atomic E-state index is 14.2. The highest BCUT2D eigenvalue weighted by molar-refractivity contribution is 6.40. The molecular formula is C27H21Cl2FN2O4. The van der Waals surface area contributed by atoms with Crippen LogP contribution < -0.4 is 15.0 Å². The molecule has 1 heterocycles. The lowest BCUT2D eigenvalue weighted by Gasteiger charge is -2.27. The first-order valence-electron chi connectivity index (χ1n) is 11.1. The van der Waals surface area contributed by atoms with E-state index in [1.165, 1.54) is 12.1 Å². The molecule has 4 rings (SSSR count). The Morgan fingerprint density at radius 2 is 1.78 bits per heavy atom. The number of carbonyl (C=O) groups excluding carboxylic acids is 3. The Labute approximate surface area is 217 Å². The summed E-state index contributed by atoms with van der Waals surface area (Å²) in [7, 11) is 0. The van der Waals surface area contributed by atoms with Crippen LogP contribution in [0.1, 0.15) is 29.2 Å². The molecule has 1 fully saturated rings. The van der Waals surface area contributed by atoms with Crippen LogP contribution >= 0.6 is 23.2 Å². The van der Waals surface area contributed by atoms with Crippen LogP contribution in [0, 0.1) is 12.7 Å².